The first-order valence-electron chi connectivity index (χ1n) is 6.86. The molecule has 0 heterocycles. The summed E-state index contributed by atoms with van der Waals surface area (Å²) in [5.74, 6) is -1.33. The molecule has 1 fully saturated rings. The van der Waals surface area contributed by atoms with Gasteiger partial charge in [-0.15, -0.1) is 0 Å². The van der Waals surface area contributed by atoms with E-state index in [1.54, 1.807) is 6.07 Å². The van der Waals surface area contributed by atoms with Crippen molar-refractivity contribution in [3.8, 4) is 5.75 Å². The second-order valence-electron chi connectivity index (χ2n) is 5.45. The number of carboxylic acid groups (broad SMARTS) is 1. The summed E-state index contributed by atoms with van der Waals surface area (Å²) in [6.07, 6.45) is 2.68. The van der Waals surface area contributed by atoms with Crippen LogP contribution < -0.4 is 10.1 Å². The van der Waals surface area contributed by atoms with Gasteiger partial charge in [-0.05, 0) is 30.4 Å². The zero-order valence-corrected chi connectivity index (χ0v) is 11.6. The Balaban J connectivity index is 1.76. The van der Waals surface area contributed by atoms with Crippen molar-refractivity contribution < 1.29 is 23.8 Å². The Morgan fingerprint density at radius 3 is 2.71 bits per heavy atom. The van der Waals surface area contributed by atoms with Crippen LogP contribution in [0.15, 0.2) is 24.3 Å². The molecule has 0 unspecified atom stereocenters. The van der Waals surface area contributed by atoms with Crippen molar-refractivity contribution in [3.05, 3.63) is 30.1 Å². The van der Waals surface area contributed by atoms with Crippen molar-refractivity contribution in [2.45, 2.75) is 25.7 Å². The number of ether oxygens (including phenoxy) is 1. The van der Waals surface area contributed by atoms with Crippen molar-refractivity contribution in [2.75, 3.05) is 13.2 Å². The summed E-state index contributed by atoms with van der Waals surface area (Å²) >= 11 is 0. The van der Waals surface area contributed by atoms with Gasteiger partial charge in [0, 0.05) is 12.6 Å². The smallest absolute Gasteiger partial charge is 0.303 e. The van der Waals surface area contributed by atoms with Gasteiger partial charge in [-0.2, -0.15) is 0 Å². The number of halogens is 1. The van der Waals surface area contributed by atoms with Crippen molar-refractivity contribution in [3.63, 3.8) is 0 Å². The number of carbonyl (C=O) groups is 2. The zero-order valence-electron chi connectivity index (χ0n) is 11.6. The van der Waals surface area contributed by atoms with E-state index in [1.165, 1.54) is 18.2 Å². The van der Waals surface area contributed by atoms with Crippen LogP contribution in [0.5, 0.6) is 5.75 Å². The van der Waals surface area contributed by atoms with Gasteiger partial charge in [0.05, 0.1) is 6.42 Å². The lowest BCUT2D eigenvalue weighted by atomic mass is 9.66. The molecule has 1 aliphatic rings. The predicted octanol–water partition coefficient (Wildman–Crippen LogP) is 1.97. The summed E-state index contributed by atoms with van der Waals surface area (Å²) in [6.45, 7) is 0.122. The molecule has 2 rings (SSSR count). The molecule has 1 amide bonds. The lowest BCUT2D eigenvalue weighted by Gasteiger charge is -2.40. The summed E-state index contributed by atoms with van der Waals surface area (Å²) in [7, 11) is 0. The van der Waals surface area contributed by atoms with Crippen LogP contribution in [0.2, 0.25) is 0 Å². The van der Waals surface area contributed by atoms with E-state index in [-0.39, 0.29) is 30.1 Å². The third-order valence-electron chi connectivity index (χ3n) is 3.77. The van der Waals surface area contributed by atoms with E-state index < -0.39 is 11.8 Å². The fourth-order valence-corrected chi connectivity index (χ4v) is 2.46. The molecule has 0 atom stereocenters. The molecule has 114 valence electrons. The number of carboxylic acids is 1. The van der Waals surface area contributed by atoms with E-state index in [1.807, 2.05) is 0 Å². The molecule has 5 nitrogen and oxygen atoms in total. The molecule has 0 saturated heterocycles. The van der Waals surface area contributed by atoms with E-state index in [2.05, 4.69) is 5.32 Å². The minimum Gasteiger partial charge on any atom is -0.484 e. The Bertz CT molecular complexity index is 528. The molecule has 0 radical (unpaired) electrons. The Hall–Kier alpha value is -2.11. The third-order valence-corrected chi connectivity index (χ3v) is 3.77. The topological polar surface area (TPSA) is 75.6 Å². The van der Waals surface area contributed by atoms with Crippen molar-refractivity contribution in [2.24, 2.45) is 5.41 Å². The number of rotatable bonds is 7. The minimum atomic E-state index is -0.847. The number of carbonyl (C=O) groups excluding carboxylic acids is 1. The molecule has 1 aliphatic carbocycles. The predicted molar refractivity (Wildman–Crippen MR) is 73.4 cm³/mol. The van der Waals surface area contributed by atoms with Crippen LogP contribution >= 0.6 is 0 Å². The Morgan fingerprint density at radius 2 is 2.14 bits per heavy atom. The van der Waals surface area contributed by atoms with Crippen LogP contribution in [0.25, 0.3) is 0 Å². The van der Waals surface area contributed by atoms with Gasteiger partial charge in [-0.3, -0.25) is 9.59 Å². The monoisotopic (exact) mass is 295 g/mol. The van der Waals surface area contributed by atoms with E-state index in [4.69, 9.17) is 9.84 Å². The number of hydrogen-bond acceptors (Lipinski definition) is 3. The van der Waals surface area contributed by atoms with Crippen LogP contribution in [0, 0.1) is 11.2 Å². The summed E-state index contributed by atoms with van der Waals surface area (Å²) in [5.41, 5.74) is -0.319. The van der Waals surface area contributed by atoms with Crippen LogP contribution in [-0.4, -0.2) is 30.1 Å². The van der Waals surface area contributed by atoms with Crippen LogP contribution in [0.3, 0.4) is 0 Å². The molecule has 21 heavy (non-hydrogen) atoms. The van der Waals surface area contributed by atoms with Gasteiger partial charge in [0.2, 0.25) is 0 Å². The molecule has 1 aromatic carbocycles. The maximum absolute atomic E-state index is 12.9. The van der Waals surface area contributed by atoms with E-state index in [0.717, 1.165) is 19.3 Å². The summed E-state index contributed by atoms with van der Waals surface area (Å²) in [6, 6.07) is 5.55. The van der Waals surface area contributed by atoms with Gasteiger partial charge < -0.3 is 15.2 Å². The lowest BCUT2D eigenvalue weighted by molar-refractivity contribution is -0.142. The molecule has 6 heteroatoms. The molecule has 0 aliphatic heterocycles. The first kappa shape index (κ1) is 15.3. The molecule has 0 bridgehead atoms. The van der Waals surface area contributed by atoms with Crippen LogP contribution in [0.1, 0.15) is 25.7 Å². The summed E-state index contributed by atoms with van der Waals surface area (Å²) < 4.78 is 18.1. The maximum Gasteiger partial charge on any atom is 0.303 e. The summed E-state index contributed by atoms with van der Waals surface area (Å²) in [5, 5.41) is 11.6. The quantitative estimate of drug-likeness (QED) is 0.806. The zero-order chi connectivity index (χ0) is 15.3. The number of aliphatic carboxylic acids is 1. The number of nitrogens with one attached hydrogen (secondary N) is 1. The molecular weight excluding hydrogens is 277 g/mol. The Labute approximate surface area is 122 Å². The average molecular weight is 295 g/mol. The Kier molecular flexibility index (Phi) is 4.77. The molecule has 1 aromatic rings. The SMILES string of the molecule is O=C(O)CC1(CNC(=O)COc2cccc(F)c2)CCC1. The number of amides is 1. The van der Waals surface area contributed by atoms with E-state index in [9.17, 15) is 14.0 Å². The molecule has 1 saturated carbocycles. The highest BCUT2D eigenvalue weighted by Gasteiger charge is 2.39. The highest BCUT2D eigenvalue weighted by molar-refractivity contribution is 5.77. The normalized spacial score (nSPS) is 15.9. The van der Waals surface area contributed by atoms with Crippen LogP contribution in [-0.2, 0) is 9.59 Å². The second kappa shape index (κ2) is 6.56. The lowest BCUT2D eigenvalue weighted by Crippen LogP contribution is -2.44. The highest BCUT2D eigenvalue weighted by atomic mass is 19.1. The van der Waals surface area contributed by atoms with Crippen molar-refractivity contribution >= 4 is 11.9 Å². The molecule has 2 N–H and O–H groups in total. The van der Waals surface area contributed by atoms with Gasteiger partial charge in [0.25, 0.3) is 5.91 Å². The van der Waals surface area contributed by atoms with Gasteiger partial charge >= 0.3 is 5.97 Å². The molecular formula is C15H18FNO4. The first-order valence-corrected chi connectivity index (χ1v) is 6.86. The fraction of sp³-hybridized carbons (Fsp3) is 0.467. The molecule has 0 spiro atoms. The van der Waals surface area contributed by atoms with Gasteiger partial charge in [-0.1, -0.05) is 12.5 Å². The maximum atomic E-state index is 12.9. The standard InChI is InChI=1S/C15H18FNO4/c16-11-3-1-4-12(7-11)21-9-13(18)17-10-15(5-2-6-15)8-14(19)20/h1,3-4,7H,2,5-6,8-10H2,(H,17,18)(H,19,20). The van der Waals surface area contributed by atoms with E-state index >= 15 is 0 Å². The van der Waals surface area contributed by atoms with Crippen molar-refractivity contribution in [1.29, 1.82) is 0 Å². The highest BCUT2D eigenvalue weighted by Crippen LogP contribution is 2.43. The van der Waals surface area contributed by atoms with Crippen LogP contribution in [0.4, 0.5) is 4.39 Å². The van der Waals surface area contributed by atoms with Gasteiger partial charge in [0.1, 0.15) is 11.6 Å². The summed E-state index contributed by atoms with van der Waals surface area (Å²) in [4.78, 5) is 22.5. The third kappa shape index (κ3) is 4.44. The van der Waals surface area contributed by atoms with Gasteiger partial charge in [-0.25, -0.2) is 4.39 Å². The number of hydrogen-bond donors (Lipinski definition) is 2. The average Bonchev–Trinajstić information content (AvgIpc) is 2.39. The van der Waals surface area contributed by atoms with Gasteiger partial charge in [0.15, 0.2) is 6.61 Å². The molecule has 0 aromatic heterocycles. The second-order valence-corrected chi connectivity index (χ2v) is 5.45. The fourth-order valence-electron chi connectivity index (χ4n) is 2.46. The number of benzene rings is 1. The first-order chi connectivity index (χ1) is 9.99. The minimum absolute atomic E-state index is 0.0675. The Morgan fingerprint density at radius 1 is 1.38 bits per heavy atom. The van der Waals surface area contributed by atoms with Crippen molar-refractivity contribution in [1.82, 2.24) is 5.32 Å². The largest absolute Gasteiger partial charge is 0.484 e. The van der Waals surface area contributed by atoms with E-state index in [0.29, 0.717) is 6.54 Å².